The van der Waals surface area contributed by atoms with E-state index in [2.05, 4.69) is 35.8 Å². The smallest absolute Gasteiger partial charge is 0.263 e. The van der Waals surface area contributed by atoms with Crippen LogP contribution in [0.1, 0.15) is 31.2 Å². The number of amides is 1. The maximum absolute atomic E-state index is 12.8. The lowest BCUT2D eigenvalue weighted by molar-refractivity contribution is -0.118. The van der Waals surface area contributed by atoms with Gasteiger partial charge in [-0.15, -0.1) is 11.3 Å². The lowest BCUT2D eigenvalue weighted by Crippen LogP contribution is -2.25. The molecule has 2 aromatic carbocycles. The van der Waals surface area contributed by atoms with Gasteiger partial charge >= 0.3 is 0 Å². The molecule has 0 fully saturated rings. The predicted octanol–water partition coefficient (Wildman–Crippen LogP) is 4.55. The third kappa shape index (κ3) is 4.42. The molecule has 31 heavy (non-hydrogen) atoms. The number of rotatable bonds is 4. The van der Waals surface area contributed by atoms with Crippen LogP contribution in [0.25, 0.3) is 11.3 Å². The molecule has 1 aromatic heterocycles. The second-order valence-corrected chi connectivity index (χ2v) is 11.2. The summed E-state index contributed by atoms with van der Waals surface area (Å²) in [5.74, 6) is 0.376. The number of thiazole rings is 1. The number of sulfonamides is 1. The molecule has 0 aliphatic carbocycles. The third-order valence-electron chi connectivity index (χ3n) is 4.93. The molecule has 0 atom stereocenters. The van der Waals surface area contributed by atoms with E-state index in [1.165, 1.54) is 11.3 Å². The lowest BCUT2D eigenvalue weighted by Gasteiger charge is -2.19. The Kier molecular flexibility index (Phi) is 5.26. The first-order chi connectivity index (χ1) is 14.5. The zero-order valence-corrected chi connectivity index (χ0v) is 19.3. The normalized spacial score (nSPS) is 13.9. The molecular formula is C22H23N3O4S2. The lowest BCUT2D eigenvalue weighted by atomic mass is 9.87. The zero-order valence-electron chi connectivity index (χ0n) is 17.6. The summed E-state index contributed by atoms with van der Waals surface area (Å²) in [6.45, 7) is 8.09. The summed E-state index contributed by atoms with van der Waals surface area (Å²) < 4.78 is 33.6. The molecule has 1 aliphatic heterocycles. The Labute approximate surface area is 185 Å². The summed E-state index contributed by atoms with van der Waals surface area (Å²) >= 11 is 1.26. The molecule has 3 aromatic rings. The molecule has 1 aliphatic rings. The highest BCUT2D eigenvalue weighted by Crippen LogP contribution is 2.36. The molecule has 0 bridgehead atoms. The predicted molar refractivity (Wildman–Crippen MR) is 122 cm³/mol. The molecule has 0 saturated heterocycles. The summed E-state index contributed by atoms with van der Waals surface area (Å²) in [6, 6.07) is 12.3. The highest BCUT2D eigenvalue weighted by molar-refractivity contribution is 7.93. The van der Waals surface area contributed by atoms with Crippen LogP contribution in [0.2, 0.25) is 0 Å². The van der Waals surface area contributed by atoms with Gasteiger partial charge in [0, 0.05) is 10.4 Å². The van der Waals surface area contributed by atoms with Crippen LogP contribution in [0.3, 0.4) is 0 Å². The molecule has 9 heteroatoms. The first kappa shape index (κ1) is 21.3. The van der Waals surface area contributed by atoms with Crippen LogP contribution in [0, 0.1) is 6.92 Å². The number of carbonyl (C=O) groups is 1. The molecule has 0 saturated carbocycles. The highest BCUT2D eigenvalue weighted by atomic mass is 32.2. The fourth-order valence-electron chi connectivity index (χ4n) is 3.25. The van der Waals surface area contributed by atoms with E-state index in [1.54, 1.807) is 24.3 Å². The number of nitrogens with one attached hydrogen (secondary N) is 2. The molecule has 0 spiro atoms. The van der Waals surface area contributed by atoms with Crippen molar-refractivity contribution in [3.63, 3.8) is 0 Å². The van der Waals surface area contributed by atoms with Crippen LogP contribution in [0.5, 0.6) is 5.75 Å². The fourth-order valence-corrected chi connectivity index (χ4v) is 5.32. The van der Waals surface area contributed by atoms with E-state index in [-0.39, 0.29) is 28.0 Å². The van der Waals surface area contributed by atoms with Gasteiger partial charge in [-0.05, 0) is 48.2 Å². The minimum Gasteiger partial charge on any atom is -0.482 e. The van der Waals surface area contributed by atoms with Gasteiger partial charge in [0.2, 0.25) is 0 Å². The Morgan fingerprint density at radius 2 is 1.84 bits per heavy atom. The number of carbonyl (C=O) groups excluding carboxylic acids is 1. The van der Waals surface area contributed by atoms with E-state index >= 15 is 0 Å². The van der Waals surface area contributed by atoms with Crippen molar-refractivity contribution >= 4 is 38.1 Å². The van der Waals surface area contributed by atoms with Crippen LogP contribution in [0.4, 0.5) is 10.8 Å². The van der Waals surface area contributed by atoms with E-state index in [0.717, 1.165) is 16.0 Å². The summed E-state index contributed by atoms with van der Waals surface area (Å²) in [5, 5.41) is 3.05. The molecule has 4 rings (SSSR count). The topological polar surface area (TPSA) is 97.4 Å². The van der Waals surface area contributed by atoms with Gasteiger partial charge in [0.05, 0.1) is 16.3 Å². The first-order valence-electron chi connectivity index (χ1n) is 9.71. The van der Waals surface area contributed by atoms with Crippen molar-refractivity contribution in [2.45, 2.75) is 38.0 Å². The van der Waals surface area contributed by atoms with Gasteiger partial charge in [0.1, 0.15) is 5.75 Å². The van der Waals surface area contributed by atoms with Crippen molar-refractivity contribution in [3.05, 3.63) is 52.9 Å². The Bertz CT molecular complexity index is 1260. The van der Waals surface area contributed by atoms with Gasteiger partial charge in [-0.2, -0.15) is 0 Å². The maximum Gasteiger partial charge on any atom is 0.263 e. The van der Waals surface area contributed by atoms with Gasteiger partial charge in [0.15, 0.2) is 11.7 Å². The number of hydrogen-bond donors (Lipinski definition) is 2. The summed E-state index contributed by atoms with van der Waals surface area (Å²) in [5.41, 5.74) is 2.98. The van der Waals surface area contributed by atoms with Crippen LogP contribution in [-0.2, 0) is 20.2 Å². The van der Waals surface area contributed by atoms with E-state index in [9.17, 15) is 13.2 Å². The molecule has 0 unspecified atom stereocenters. The Morgan fingerprint density at radius 3 is 2.52 bits per heavy atom. The number of nitrogens with zero attached hydrogens (tertiary/aromatic N) is 1. The Balaban J connectivity index is 1.59. The second-order valence-electron chi connectivity index (χ2n) is 8.35. The minimum atomic E-state index is -3.76. The molecule has 2 N–H and O–H groups in total. The van der Waals surface area contributed by atoms with Crippen LogP contribution < -0.4 is 14.8 Å². The largest absolute Gasteiger partial charge is 0.482 e. The van der Waals surface area contributed by atoms with Gasteiger partial charge in [-0.25, -0.2) is 13.4 Å². The average molecular weight is 458 g/mol. The summed E-state index contributed by atoms with van der Waals surface area (Å²) in [4.78, 5) is 17.1. The number of aryl methyl sites for hydroxylation is 1. The number of anilines is 2. The molecule has 1 amide bonds. The molecule has 7 nitrogen and oxygen atoms in total. The molecule has 2 heterocycles. The van der Waals surface area contributed by atoms with Crippen molar-refractivity contribution < 1.29 is 17.9 Å². The van der Waals surface area contributed by atoms with E-state index < -0.39 is 10.0 Å². The maximum atomic E-state index is 12.8. The number of hydrogen-bond acceptors (Lipinski definition) is 6. The standard InChI is InChI=1S/C22H23N3O4S2/c1-13-20(14-5-10-18-17(11-14)23-19(26)12-29-18)24-21(30-13)25-31(27,28)16-8-6-15(7-9-16)22(2,3)4/h5-11H,12H2,1-4H3,(H,23,26)(H,24,25). The Hall–Kier alpha value is -2.91. The van der Waals surface area contributed by atoms with Crippen LogP contribution in [-0.4, -0.2) is 25.9 Å². The number of fused-ring (bicyclic) bond motifs is 1. The second kappa shape index (κ2) is 7.65. The molecular weight excluding hydrogens is 434 g/mol. The average Bonchev–Trinajstić information content (AvgIpc) is 3.06. The van der Waals surface area contributed by atoms with Gasteiger partial charge in [-0.1, -0.05) is 32.9 Å². The SMILES string of the molecule is Cc1sc(NS(=O)(=O)c2ccc(C(C)(C)C)cc2)nc1-c1ccc2c(c1)NC(=O)CO2. The molecule has 0 radical (unpaired) electrons. The van der Waals surface area contributed by atoms with Gasteiger partial charge in [-0.3, -0.25) is 9.52 Å². The van der Waals surface area contributed by atoms with Gasteiger partial charge < -0.3 is 10.1 Å². The molecule has 162 valence electrons. The van der Waals surface area contributed by atoms with Crippen molar-refractivity contribution in [3.8, 4) is 17.0 Å². The minimum absolute atomic E-state index is 0.00919. The Morgan fingerprint density at radius 1 is 1.13 bits per heavy atom. The number of benzene rings is 2. The van der Waals surface area contributed by atoms with Crippen molar-refractivity contribution in [1.29, 1.82) is 0 Å². The highest BCUT2D eigenvalue weighted by Gasteiger charge is 2.21. The van der Waals surface area contributed by atoms with Crippen molar-refractivity contribution in [2.24, 2.45) is 0 Å². The number of aromatic nitrogens is 1. The first-order valence-corrected chi connectivity index (χ1v) is 12.0. The monoisotopic (exact) mass is 457 g/mol. The zero-order chi connectivity index (χ0) is 22.4. The van der Waals surface area contributed by atoms with Crippen molar-refractivity contribution in [1.82, 2.24) is 4.98 Å². The third-order valence-corrected chi connectivity index (χ3v) is 7.31. The fraction of sp³-hybridized carbons (Fsp3) is 0.273. The number of ether oxygens (including phenoxy) is 1. The van der Waals surface area contributed by atoms with E-state index in [4.69, 9.17) is 4.74 Å². The van der Waals surface area contributed by atoms with Crippen molar-refractivity contribution in [2.75, 3.05) is 16.6 Å². The summed E-state index contributed by atoms with van der Waals surface area (Å²) in [7, 11) is -3.76. The van der Waals surface area contributed by atoms with Crippen LogP contribution >= 0.6 is 11.3 Å². The van der Waals surface area contributed by atoms with Crippen LogP contribution in [0.15, 0.2) is 47.4 Å². The summed E-state index contributed by atoms with van der Waals surface area (Å²) in [6.07, 6.45) is 0. The van der Waals surface area contributed by atoms with E-state index in [0.29, 0.717) is 17.1 Å². The quantitative estimate of drug-likeness (QED) is 0.599. The van der Waals surface area contributed by atoms with Gasteiger partial charge in [0.25, 0.3) is 15.9 Å². The van der Waals surface area contributed by atoms with E-state index in [1.807, 2.05) is 25.1 Å².